The number of carbonyl (C=O) groups excluding carboxylic acids is 1. The van der Waals surface area contributed by atoms with E-state index in [4.69, 9.17) is 4.52 Å². The summed E-state index contributed by atoms with van der Waals surface area (Å²) >= 11 is 0. The van der Waals surface area contributed by atoms with E-state index >= 15 is 0 Å². The molecule has 1 atom stereocenters. The van der Waals surface area contributed by atoms with Crippen LogP contribution in [-0.4, -0.2) is 29.2 Å². The van der Waals surface area contributed by atoms with E-state index in [2.05, 4.69) is 24.3 Å². The van der Waals surface area contributed by atoms with Crippen molar-refractivity contribution in [1.29, 1.82) is 0 Å². The zero-order valence-electron chi connectivity index (χ0n) is 16.7. The Morgan fingerprint density at radius 1 is 1.26 bits per heavy atom. The number of urea groups is 1. The molecule has 1 N–H and O–H groups in total. The van der Waals surface area contributed by atoms with Crippen LogP contribution in [0, 0.1) is 23.2 Å². The van der Waals surface area contributed by atoms with E-state index in [9.17, 15) is 4.79 Å². The van der Waals surface area contributed by atoms with Crippen molar-refractivity contribution in [2.24, 2.45) is 23.2 Å². The summed E-state index contributed by atoms with van der Waals surface area (Å²) in [7, 11) is 0. The van der Waals surface area contributed by atoms with Crippen molar-refractivity contribution in [3.05, 3.63) is 17.5 Å². The number of hydrogen-bond acceptors (Lipinski definition) is 3. The minimum absolute atomic E-state index is 0.0672. The molecule has 0 radical (unpaired) electrons. The summed E-state index contributed by atoms with van der Waals surface area (Å²) < 4.78 is 5.48. The van der Waals surface area contributed by atoms with E-state index in [1.165, 1.54) is 38.5 Å². The molecular weight excluding hydrogens is 338 g/mol. The van der Waals surface area contributed by atoms with Crippen LogP contribution in [0.2, 0.25) is 0 Å². The fourth-order valence-electron chi connectivity index (χ4n) is 6.92. The van der Waals surface area contributed by atoms with Gasteiger partial charge in [0.25, 0.3) is 0 Å². The molecule has 1 aromatic rings. The minimum Gasteiger partial charge on any atom is -0.361 e. The number of hydrogen-bond donors (Lipinski definition) is 1. The van der Waals surface area contributed by atoms with Crippen molar-refractivity contribution in [3.63, 3.8) is 0 Å². The van der Waals surface area contributed by atoms with E-state index in [-0.39, 0.29) is 12.1 Å². The normalized spacial score (nSPS) is 37.4. The summed E-state index contributed by atoms with van der Waals surface area (Å²) in [5, 5.41) is 7.61. The molecule has 2 amide bonds. The van der Waals surface area contributed by atoms with Crippen molar-refractivity contribution in [3.8, 4) is 0 Å². The largest absolute Gasteiger partial charge is 0.361 e. The number of likely N-dealkylation sites (tertiary alicyclic amines) is 1. The van der Waals surface area contributed by atoms with Crippen molar-refractivity contribution in [1.82, 2.24) is 15.4 Å². The first-order valence-electron chi connectivity index (χ1n) is 11.0. The summed E-state index contributed by atoms with van der Waals surface area (Å²) in [6.07, 6.45) is 10.4. The van der Waals surface area contributed by atoms with Crippen LogP contribution in [0.5, 0.6) is 0 Å². The maximum absolute atomic E-state index is 13.0. The molecule has 1 saturated heterocycles. The first kappa shape index (κ1) is 17.6. The fourth-order valence-corrected chi connectivity index (χ4v) is 6.92. The molecule has 6 rings (SSSR count). The van der Waals surface area contributed by atoms with Crippen LogP contribution in [0.1, 0.15) is 88.6 Å². The molecule has 4 aliphatic carbocycles. The van der Waals surface area contributed by atoms with E-state index in [1.807, 2.05) is 11.0 Å². The second kappa shape index (κ2) is 6.52. The Labute approximate surface area is 162 Å². The molecule has 5 fully saturated rings. The van der Waals surface area contributed by atoms with Gasteiger partial charge >= 0.3 is 6.03 Å². The lowest BCUT2D eigenvalue weighted by Crippen LogP contribution is -2.52. The topological polar surface area (TPSA) is 58.4 Å². The second-order valence-corrected chi connectivity index (χ2v) is 10.2. The van der Waals surface area contributed by atoms with Gasteiger partial charge in [-0.25, -0.2) is 4.79 Å². The van der Waals surface area contributed by atoms with Gasteiger partial charge in [-0.1, -0.05) is 19.0 Å². The zero-order chi connectivity index (χ0) is 18.6. The molecule has 4 bridgehead atoms. The second-order valence-electron chi connectivity index (χ2n) is 10.2. The van der Waals surface area contributed by atoms with Crippen LogP contribution in [0.4, 0.5) is 4.79 Å². The van der Waals surface area contributed by atoms with Gasteiger partial charge in [0, 0.05) is 25.1 Å². The Balaban J connectivity index is 1.24. The number of amides is 2. The van der Waals surface area contributed by atoms with Gasteiger partial charge in [0.05, 0.1) is 6.04 Å². The van der Waals surface area contributed by atoms with E-state index in [0.29, 0.717) is 11.3 Å². The monoisotopic (exact) mass is 371 g/mol. The van der Waals surface area contributed by atoms with Gasteiger partial charge in [-0.05, 0) is 74.5 Å². The molecule has 4 saturated carbocycles. The van der Waals surface area contributed by atoms with Gasteiger partial charge in [-0.2, -0.15) is 0 Å². The fraction of sp³-hybridized carbons (Fsp3) is 0.818. The van der Waals surface area contributed by atoms with Gasteiger partial charge in [-0.15, -0.1) is 0 Å². The first-order chi connectivity index (χ1) is 13.0. The van der Waals surface area contributed by atoms with Crippen LogP contribution in [-0.2, 0) is 0 Å². The quantitative estimate of drug-likeness (QED) is 0.822. The van der Waals surface area contributed by atoms with Crippen molar-refractivity contribution in [2.45, 2.75) is 77.2 Å². The SMILES string of the molecule is CC(C)c1cc(C2CCCN2C(=O)NCC23CC4CC(CC(C4)C2)C3)no1. The van der Waals surface area contributed by atoms with Crippen molar-refractivity contribution < 1.29 is 9.32 Å². The summed E-state index contributed by atoms with van der Waals surface area (Å²) in [6.45, 7) is 5.90. The number of nitrogens with zero attached hydrogens (tertiary/aromatic N) is 2. The number of rotatable bonds is 4. The smallest absolute Gasteiger partial charge is 0.317 e. The molecule has 2 heterocycles. The minimum atomic E-state index is 0.0672. The third kappa shape index (κ3) is 3.17. The Morgan fingerprint density at radius 3 is 2.52 bits per heavy atom. The van der Waals surface area contributed by atoms with Crippen LogP contribution in [0.15, 0.2) is 10.6 Å². The van der Waals surface area contributed by atoms with Crippen LogP contribution >= 0.6 is 0 Å². The third-order valence-corrected chi connectivity index (χ3v) is 7.75. The molecule has 5 aliphatic rings. The predicted octanol–water partition coefficient (Wildman–Crippen LogP) is 4.86. The molecule has 5 nitrogen and oxygen atoms in total. The highest BCUT2D eigenvalue weighted by molar-refractivity contribution is 5.75. The van der Waals surface area contributed by atoms with Gasteiger partial charge in [-0.3, -0.25) is 0 Å². The van der Waals surface area contributed by atoms with E-state index < -0.39 is 0 Å². The average molecular weight is 372 g/mol. The Hall–Kier alpha value is -1.52. The summed E-state index contributed by atoms with van der Waals surface area (Å²) in [5.41, 5.74) is 1.30. The standard InChI is InChI=1S/C22H33N3O2/c1-14(2)20-9-18(24-27-20)19-4-3-5-25(19)21(26)23-13-22-10-15-6-16(11-22)8-17(7-15)12-22/h9,14-17,19H,3-8,10-13H2,1-2H3,(H,23,26). The number of carbonyl (C=O) groups is 1. The summed E-state index contributed by atoms with van der Waals surface area (Å²) in [5.74, 6) is 4.02. The molecule has 148 valence electrons. The highest BCUT2D eigenvalue weighted by Gasteiger charge is 2.51. The van der Waals surface area contributed by atoms with Gasteiger partial charge in [0.2, 0.25) is 0 Å². The highest BCUT2D eigenvalue weighted by Crippen LogP contribution is 2.59. The van der Waals surface area contributed by atoms with E-state index in [1.54, 1.807) is 0 Å². The molecule has 27 heavy (non-hydrogen) atoms. The van der Waals surface area contributed by atoms with Crippen LogP contribution < -0.4 is 5.32 Å². The van der Waals surface area contributed by atoms with Crippen molar-refractivity contribution >= 4 is 6.03 Å². The molecular formula is C22H33N3O2. The summed E-state index contributed by atoms with van der Waals surface area (Å²) in [6, 6.07) is 2.21. The Kier molecular flexibility index (Phi) is 4.25. The molecule has 1 aromatic heterocycles. The van der Waals surface area contributed by atoms with Gasteiger partial charge < -0.3 is 14.7 Å². The van der Waals surface area contributed by atoms with Crippen LogP contribution in [0.25, 0.3) is 0 Å². The predicted molar refractivity (Wildman–Crippen MR) is 103 cm³/mol. The molecule has 5 heteroatoms. The zero-order valence-corrected chi connectivity index (χ0v) is 16.7. The maximum atomic E-state index is 13.0. The number of aromatic nitrogens is 1. The summed E-state index contributed by atoms with van der Waals surface area (Å²) in [4.78, 5) is 15.0. The third-order valence-electron chi connectivity index (χ3n) is 7.75. The van der Waals surface area contributed by atoms with Gasteiger partial charge in [0.15, 0.2) is 0 Å². The lowest BCUT2D eigenvalue weighted by atomic mass is 9.49. The van der Waals surface area contributed by atoms with E-state index in [0.717, 1.165) is 55.1 Å². The molecule has 1 unspecified atom stereocenters. The lowest BCUT2D eigenvalue weighted by molar-refractivity contribution is -0.0502. The maximum Gasteiger partial charge on any atom is 0.317 e. The highest BCUT2D eigenvalue weighted by atomic mass is 16.5. The lowest BCUT2D eigenvalue weighted by Gasteiger charge is -2.57. The molecule has 1 aliphatic heterocycles. The van der Waals surface area contributed by atoms with Crippen LogP contribution in [0.3, 0.4) is 0 Å². The Bertz CT molecular complexity index is 675. The first-order valence-corrected chi connectivity index (χ1v) is 11.0. The molecule has 0 spiro atoms. The average Bonchev–Trinajstić information content (AvgIpc) is 3.27. The molecule has 0 aromatic carbocycles. The van der Waals surface area contributed by atoms with Gasteiger partial charge in [0.1, 0.15) is 11.5 Å². The van der Waals surface area contributed by atoms with Crippen molar-refractivity contribution in [2.75, 3.05) is 13.1 Å². The Morgan fingerprint density at radius 2 is 1.93 bits per heavy atom. The number of nitrogens with one attached hydrogen (secondary N) is 1.